The zero-order valence-corrected chi connectivity index (χ0v) is 8.57. The van der Waals surface area contributed by atoms with Crippen molar-refractivity contribution >= 4 is 5.97 Å². The van der Waals surface area contributed by atoms with Crippen molar-refractivity contribution < 1.29 is 9.90 Å². The van der Waals surface area contributed by atoms with Crippen molar-refractivity contribution in [3.8, 4) is 0 Å². The van der Waals surface area contributed by atoms with Gasteiger partial charge in [0.2, 0.25) is 0 Å². The van der Waals surface area contributed by atoms with Crippen molar-refractivity contribution in [1.29, 1.82) is 0 Å². The molecule has 0 radical (unpaired) electrons. The number of hydrogen-bond donors (Lipinski definition) is 1. The summed E-state index contributed by atoms with van der Waals surface area (Å²) in [5, 5.41) is 9.10. The minimum atomic E-state index is -0.619. The van der Waals surface area contributed by atoms with Gasteiger partial charge < -0.3 is 5.11 Å². The van der Waals surface area contributed by atoms with E-state index in [-0.39, 0.29) is 11.3 Å². The van der Waals surface area contributed by atoms with Gasteiger partial charge in [0, 0.05) is 5.41 Å². The molecule has 2 aliphatic carbocycles. The summed E-state index contributed by atoms with van der Waals surface area (Å²) < 4.78 is 0. The molecule has 2 atom stereocenters. The predicted octanol–water partition coefficient (Wildman–Crippen LogP) is 2.37. The normalized spacial score (nSPS) is 32.4. The van der Waals surface area contributed by atoms with E-state index in [1.165, 1.54) is 11.1 Å². The lowest BCUT2D eigenvalue weighted by atomic mass is 9.79. The van der Waals surface area contributed by atoms with Crippen LogP contribution in [0, 0.1) is 5.92 Å². The highest BCUT2D eigenvalue weighted by Crippen LogP contribution is 2.60. The molecule has 1 N–H and O–H groups in total. The largest absolute Gasteiger partial charge is 0.481 e. The SMILES string of the molecule is O=C(O)C1C[C@]12CCCc1ccccc12. The molecule has 1 aromatic rings. The maximum atomic E-state index is 11.0. The molecule has 0 aliphatic heterocycles. The Hall–Kier alpha value is -1.31. The number of carbonyl (C=O) groups is 1. The van der Waals surface area contributed by atoms with Gasteiger partial charge in [0.25, 0.3) is 0 Å². The number of aliphatic carboxylic acids is 1. The quantitative estimate of drug-likeness (QED) is 0.759. The highest BCUT2D eigenvalue weighted by molar-refractivity contribution is 5.77. The van der Waals surface area contributed by atoms with E-state index in [0.29, 0.717) is 0 Å². The van der Waals surface area contributed by atoms with Crippen LogP contribution < -0.4 is 0 Å². The van der Waals surface area contributed by atoms with Crippen LogP contribution in [0.2, 0.25) is 0 Å². The second kappa shape index (κ2) is 2.84. The van der Waals surface area contributed by atoms with Gasteiger partial charge in [-0.3, -0.25) is 4.79 Å². The number of hydrogen-bond acceptors (Lipinski definition) is 1. The van der Waals surface area contributed by atoms with Gasteiger partial charge in [-0.05, 0) is 36.8 Å². The van der Waals surface area contributed by atoms with Crippen LogP contribution in [0.5, 0.6) is 0 Å². The maximum Gasteiger partial charge on any atom is 0.307 e. The summed E-state index contributed by atoms with van der Waals surface area (Å²) in [4.78, 5) is 11.0. The molecule has 0 amide bonds. The molecular formula is C13H14O2. The Balaban J connectivity index is 2.05. The van der Waals surface area contributed by atoms with Crippen LogP contribution in [0.4, 0.5) is 0 Å². The number of carboxylic acids is 1. The molecule has 2 nitrogen and oxygen atoms in total. The van der Waals surface area contributed by atoms with Crippen LogP contribution >= 0.6 is 0 Å². The fourth-order valence-electron chi connectivity index (χ4n) is 3.16. The number of aryl methyl sites for hydroxylation is 1. The smallest absolute Gasteiger partial charge is 0.307 e. The summed E-state index contributed by atoms with van der Waals surface area (Å²) in [5.74, 6) is -0.745. The minimum Gasteiger partial charge on any atom is -0.481 e. The highest BCUT2D eigenvalue weighted by Gasteiger charge is 2.60. The van der Waals surface area contributed by atoms with E-state index in [9.17, 15) is 4.79 Å². The van der Waals surface area contributed by atoms with E-state index >= 15 is 0 Å². The minimum absolute atomic E-state index is 0.000671. The lowest BCUT2D eigenvalue weighted by Crippen LogP contribution is -2.21. The first-order valence-corrected chi connectivity index (χ1v) is 5.55. The third-order valence-corrected chi connectivity index (χ3v) is 4.00. The second-order valence-electron chi connectivity index (χ2n) is 4.76. The average Bonchev–Trinajstić information content (AvgIpc) is 2.95. The maximum absolute atomic E-state index is 11.0. The van der Waals surface area contributed by atoms with Gasteiger partial charge in [-0.25, -0.2) is 0 Å². The first-order valence-electron chi connectivity index (χ1n) is 5.55. The molecule has 1 spiro atoms. The Kier molecular flexibility index (Phi) is 1.70. The van der Waals surface area contributed by atoms with Crippen molar-refractivity contribution in [1.82, 2.24) is 0 Å². The van der Waals surface area contributed by atoms with Crippen LogP contribution in [0.15, 0.2) is 24.3 Å². The van der Waals surface area contributed by atoms with Crippen LogP contribution in [0.3, 0.4) is 0 Å². The van der Waals surface area contributed by atoms with Gasteiger partial charge in [0.15, 0.2) is 0 Å². The zero-order valence-electron chi connectivity index (χ0n) is 8.57. The lowest BCUT2D eigenvalue weighted by Gasteiger charge is -2.25. The van der Waals surface area contributed by atoms with Crippen molar-refractivity contribution in [3.05, 3.63) is 35.4 Å². The molecule has 15 heavy (non-hydrogen) atoms. The Bertz CT molecular complexity index is 424. The topological polar surface area (TPSA) is 37.3 Å². The lowest BCUT2D eigenvalue weighted by molar-refractivity contribution is -0.139. The van der Waals surface area contributed by atoms with Crippen LogP contribution in [0.25, 0.3) is 0 Å². The van der Waals surface area contributed by atoms with Crippen LogP contribution in [-0.4, -0.2) is 11.1 Å². The summed E-state index contributed by atoms with van der Waals surface area (Å²) in [6.45, 7) is 0. The van der Waals surface area contributed by atoms with E-state index < -0.39 is 5.97 Å². The van der Waals surface area contributed by atoms with Crippen LogP contribution in [0.1, 0.15) is 30.4 Å². The molecule has 1 unspecified atom stereocenters. The molecule has 78 valence electrons. The zero-order chi connectivity index (χ0) is 10.5. The molecule has 0 bridgehead atoms. The predicted molar refractivity (Wildman–Crippen MR) is 56.8 cm³/mol. The molecule has 0 heterocycles. The highest BCUT2D eigenvalue weighted by atomic mass is 16.4. The fourth-order valence-corrected chi connectivity index (χ4v) is 3.16. The number of fused-ring (bicyclic) bond motifs is 2. The number of rotatable bonds is 1. The molecule has 1 fully saturated rings. The summed E-state index contributed by atoms with van der Waals surface area (Å²) in [6.07, 6.45) is 4.16. The Morgan fingerprint density at radius 3 is 2.93 bits per heavy atom. The standard InChI is InChI=1S/C13H14O2/c14-12(15)11-8-13(11)7-3-5-9-4-1-2-6-10(9)13/h1-2,4,6,11H,3,5,7-8H2,(H,14,15)/t11?,13-/m0/s1. The number of carboxylic acid groups (broad SMARTS) is 1. The van der Waals surface area contributed by atoms with Crippen LogP contribution in [-0.2, 0) is 16.6 Å². The summed E-state index contributed by atoms with van der Waals surface area (Å²) >= 11 is 0. The van der Waals surface area contributed by atoms with Gasteiger partial charge in [0.1, 0.15) is 0 Å². The molecule has 0 aromatic heterocycles. The Morgan fingerprint density at radius 1 is 1.40 bits per heavy atom. The monoisotopic (exact) mass is 202 g/mol. The Morgan fingerprint density at radius 2 is 2.20 bits per heavy atom. The van der Waals surface area contributed by atoms with Crippen molar-refractivity contribution in [2.45, 2.75) is 31.1 Å². The molecule has 1 aromatic carbocycles. The molecule has 2 aliphatic rings. The van der Waals surface area contributed by atoms with E-state index in [1.807, 2.05) is 6.07 Å². The molecule has 3 rings (SSSR count). The van der Waals surface area contributed by atoms with Gasteiger partial charge in [-0.1, -0.05) is 24.3 Å². The number of benzene rings is 1. The Labute approximate surface area is 88.9 Å². The molecule has 2 heteroatoms. The first-order chi connectivity index (χ1) is 7.24. The molecular weight excluding hydrogens is 188 g/mol. The van der Waals surface area contributed by atoms with Crippen molar-refractivity contribution in [2.75, 3.05) is 0 Å². The first kappa shape index (κ1) is 8.96. The van der Waals surface area contributed by atoms with E-state index in [4.69, 9.17) is 5.11 Å². The summed E-state index contributed by atoms with van der Waals surface area (Å²) in [5.41, 5.74) is 2.68. The summed E-state index contributed by atoms with van der Waals surface area (Å²) in [6, 6.07) is 8.35. The van der Waals surface area contributed by atoms with Crippen molar-refractivity contribution in [2.24, 2.45) is 5.92 Å². The molecule has 1 saturated carbocycles. The fraction of sp³-hybridized carbons (Fsp3) is 0.462. The van der Waals surface area contributed by atoms with E-state index in [1.54, 1.807) is 0 Å². The average molecular weight is 202 g/mol. The van der Waals surface area contributed by atoms with Gasteiger partial charge in [0.05, 0.1) is 5.92 Å². The van der Waals surface area contributed by atoms with Gasteiger partial charge in [-0.15, -0.1) is 0 Å². The van der Waals surface area contributed by atoms with E-state index in [2.05, 4.69) is 18.2 Å². The van der Waals surface area contributed by atoms with Crippen molar-refractivity contribution in [3.63, 3.8) is 0 Å². The van der Waals surface area contributed by atoms with Gasteiger partial charge >= 0.3 is 5.97 Å². The summed E-state index contributed by atoms with van der Waals surface area (Å²) in [7, 11) is 0. The third kappa shape index (κ3) is 1.14. The van der Waals surface area contributed by atoms with Gasteiger partial charge in [-0.2, -0.15) is 0 Å². The molecule has 0 saturated heterocycles. The second-order valence-corrected chi connectivity index (χ2v) is 4.76. The third-order valence-electron chi connectivity index (χ3n) is 4.00. The van der Waals surface area contributed by atoms with E-state index in [0.717, 1.165) is 25.7 Å².